The molecule has 64 valence electrons. The Bertz CT molecular complexity index is 168. The Morgan fingerprint density at radius 2 is 2.00 bits per heavy atom. The van der Waals surface area contributed by atoms with Gasteiger partial charge in [0.2, 0.25) is 0 Å². The minimum atomic E-state index is -0.287. The van der Waals surface area contributed by atoms with Gasteiger partial charge in [-0.25, -0.2) is 4.39 Å². The fraction of sp³-hybridized carbons (Fsp3) is 0.556. The first kappa shape index (κ1) is 10.2. The maximum atomic E-state index is 13.0. The Labute approximate surface area is 67.6 Å². The van der Waals surface area contributed by atoms with Gasteiger partial charge in [0.05, 0.1) is 7.11 Å². The molecule has 0 amide bonds. The number of rotatable bonds is 3. The van der Waals surface area contributed by atoms with Crippen molar-refractivity contribution in [3.8, 4) is 0 Å². The molecule has 0 aromatic rings. The molecule has 0 rings (SSSR count). The number of hydrogen-bond acceptors (Lipinski definition) is 1. The van der Waals surface area contributed by atoms with Gasteiger partial charge in [0.25, 0.3) is 0 Å². The average molecular weight is 158 g/mol. The number of ether oxygens (including phenoxy) is 1. The lowest BCUT2D eigenvalue weighted by Gasteiger charge is -2.03. The van der Waals surface area contributed by atoms with Crippen molar-refractivity contribution in [3.05, 3.63) is 23.7 Å². The maximum Gasteiger partial charge on any atom is 0.160 e. The van der Waals surface area contributed by atoms with E-state index >= 15 is 0 Å². The molecule has 0 unspecified atom stereocenters. The summed E-state index contributed by atoms with van der Waals surface area (Å²) >= 11 is 0. The Hall–Kier alpha value is -0.790. The van der Waals surface area contributed by atoms with Gasteiger partial charge in [0.1, 0.15) is 5.76 Å². The zero-order valence-corrected chi connectivity index (χ0v) is 7.52. The minimum Gasteiger partial charge on any atom is -0.494 e. The van der Waals surface area contributed by atoms with Gasteiger partial charge in [-0.2, -0.15) is 0 Å². The number of halogens is 1. The summed E-state index contributed by atoms with van der Waals surface area (Å²) in [6, 6.07) is 0. The molecule has 0 aromatic carbocycles. The largest absolute Gasteiger partial charge is 0.494 e. The van der Waals surface area contributed by atoms with Crippen molar-refractivity contribution < 1.29 is 9.13 Å². The predicted octanol–water partition coefficient (Wildman–Crippen LogP) is 3.05. The quantitative estimate of drug-likeness (QED) is 0.453. The normalized spacial score (nSPS) is 14.0. The summed E-state index contributed by atoms with van der Waals surface area (Å²) in [5, 5.41) is 0. The van der Waals surface area contributed by atoms with Crippen molar-refractivity contribution >= 4 is 0 Å². The summed E-state index contributed by atoms with van der Waals surface area (Å²) in [4.78, 5) is 0. The number of hydrogen-bond donors (Lipinski definition) is 0. The van der Waals surface area contributed by atoms with E-state index in [1.807, 2.05) is 13.8 Å². The first-order valence-electron chi connectivity index (χ1n) is 3.69. The van der Waals surface area contributed by atoms with E-state index < -0.39 is 0 Å². The second kappa shape index (κ2) is 4.94. The molecular weight excluding hydrogens is 143 g/mol. The molecule has 0 aliphatic heterocycles. The van der Waals surface area contributed by atoms with Crippen molar-refractivity contribution in [2.75, 3.05) is 7.11 Å². The van der Waals surface area contributed by atoms with E-state index in [0.717, 1.165) is 0 Å². The second-order valence-electron chi connectivity index (χ2n) is 2.62. The van der Waals surface area contributed by atoms with Crippen molar-refractivity contribution in [1.29, 1.82) is 0 Å². The molecule has 0 aromatic heterocycles. The van der Waals surface area contributed by atoms with Crippen LogP contribution in [0.2, 0.25) is 0 Å². The van der Waals surface area contributed by atoms with Crippen LogP contribution in [0.25, 0.3) is 0 Å². The van der Waals surface area contributed by atoms with Crippen LogP contribution in [0.5, 0.6) is 0 Å². The summed E-state index contributed by atoms with van der Waals surface area (Å²) in [6.45, 7) is 5.58. The standard InChI is InChI=1S/C9H15FO/c1-5-9(11-4)8(10)6-7(2)3/h5-7H,1-4H3/b8-6+,9-5+. The molecule has 0 aliphatic rings. The summed E-state index contributed by atoms with van der Waals surface area (Å²) < 4.78 is 17.8. The van der Waals surface area contributed by atoms with Crippen LogP contribution < -0.4 is 0 Å². The fourth-order valence-corrected chi connectivity index (χ4v) is 0.728. The third-order valence-electron chi connectivity index (χ3n) is 1.20. The van der Waals surface area contributed by atoms with Crippen molar-refractivity contribution in [2.45, 2.75) is 20.8 Å². The lowest BCUT2D eigenvalue weighted by atomic mass is 10.2. The zero-order valence-electron chi connectivity index (χ0n) is 7.52. The Morgan fingerprint density at radius 3 is 2.27 bits per heavy atom. The summed E-state index contributed by atoms with van der Waals surface area (Å²) in [5.41, 5.74) is 0. The van der Waals surface area contributed by atoms with Gasteiger partial charge in [-0.1, -0.05) is 13.8 Å². The molecule has 2 heteroatoms. The van der Waals surface area contributed by atoms with E-state index in [1.54, 1.807) is 13.0 Å². The van der Waals surface area contributed by atoms with Crippen LogP contribution in [-0.4, -0.2) is 7.11 Å². The minimum absolute atomic E-state index is 0.208. The van der Waals surface area contributed by atoms with E-state index in [-0.39, 0.29) is 11.7 Å². The lowest BCUT2D eigenvalue weighted by Crippen LogP contribution is -1.89. The second-order valence-corrected chi connectivity index (χ2v) is 2.62. The molecule has 0 atom stereocenters. The third-order valence-corrected chi connectivity index (χ3v) is 1.20. The summed E-state index contributed by atoms with van der Waals surface area (Å²) in [7, 11) is 1.46. The SMILES string of the molecule is C/C=C(OC)\C(F)=C/C(C)C. The molecular formula is C9H15FO. The van der Waals surface area contributed by atoms with E-state index in [1.165, 1.54) is 13.2 Å². The third kappa shape index (κ3) is 3.81. The molecule has 0 aliphatic carbocycles. The van der Waals surface area contributed by atoms with Gasteiger partial charge >= 0.3 is 0 Å². The van der Waals surface area contributed by atoms with Gasteiger partial charge in [0.15, 0.2) is 5.83 Å². The maximum absolute atomic E-state index is 13.0. The molecule has 0 bridgehead atoms. The topological polar surface area (TPSA) is 9.23 Å². The fourth-order valence-electron chi connectivity index (χ4n) is 0.728. The van der Waals surface area contributed by atoms with Crippen LogP contribution in [0.15, 0.2) is 23.7 Å². The van der Waals surface area contributed by atoms with Crippen LogP contribution in [0.4, 0.5) is 4.39 Å². The van der Waals surface area contributed by atoms with Crippen LogP contribution in [-0.2, 0) is 4.74 Å². The van der Waals surface area contributed by atoms with Crippen LogP contribution in [0.1, 0.15) is 20.8 Å². The molecule has 0 saturated carbocycles. The van der Waals surface area contributed by atoms with Crippen molar-refractivity contribution in [1.82, 2.24) is 0 Å². The van der Waals surface area contributed by atoms with Crippen LogP contribution in [0.3, 0.4) is 0 Å². The Kier molecular flexibility index (Phi) is 4.59. The van der Waals surface area contributed by atoms with E-state index in [0.29, 0.717) is 5.76 Å². The lowest BCUT2D eigenvalue weighted by molar-refractivity contribution is 0.281. The molecule has 0 heterocycles. The molecule has 0 fully saturated rings. The van der Waals surface area contributed by atoms with Crippen LogP contribution in [0, 0.1) is 5.92 Å². The summed E-state index contributed by atoms with van der Waals surface area (Å²) in [5.74, 6) is 0.226. The molecule has 1 nitrogen and oxygen atoms in total. The van der Waals surface area contributed by atoms with E-state index in [9.17, 15) is 4.39 Å². The van der Waals surface area contributed by atoms with Gasteiger partial charge in [-0.05, 0) is 25.0 Å². The first-order valence-corrected chi connectivity index (χ1v) is 3.69. The van der Waals surface area contributed by atoms with Crippen molar-refractivity contribution in [3.63, 3.8) is 0 Å². The average Bonchev–Trinajstić information content (AvgIpc) is 1.88. The Morgan fingerprint density at radius 1 is 1.45 bits per heavy atom. The Balaban J connectivity index is 4.32. The molecule has 11 heavy (non-hydrogen) atoms. The van der Waals surface area contributed by atoms with Gasteiger partial charge in [-0.3, -0.25) is 0 Å². The van der Waals surface area contributed by atoms with E-state index in [4.69, 9.17) is 4.74 Å². The highest BCUT2D eigenvalue weighted by Crippen LogP contribution is 2.14. The van der Waals surface area contributed by atoms with Crippen molar-refractivity contribution in [2.24, 2.45) is 5.92 Å². The monoisotopic (exact) mass is 158 g/mol. The number of allylic oxidation sites excluding steroid dienone is 3. The highest BCUT2D eigenvalue weighted by Gasteiger charge is 2.02. The smallest absolute Gasteiger partial charge is 0.160 e. The molecule has 0 saturated heterocycles. The van der Waals surface area contributed by atoms with Gasteiger partial charge in [-0.15, -0.1) is 0 Å². The van der Waals surface area contributed by atoms with Gasteiger partial charge < -0.3 is 4.74 Å². The zero-order chi connectivity index (χ0) is 8.85. The molecule has 0 spiro atoms. The molecule has 0 radical (unpaired) electrons. The summed E-state index contributed by atoms with van der Waals surface area (Å²) in [6.07, 6.45) is 3.13. The van der Waals surface area contributed by atoms with Gasteiger partial charge in [0, 0.05) is 0 Å². The highest BCUT2D eigenvalue weighted by molar-refractivity contribution is 5.18. The van der Waals surface area contributed by atoms with Crippen LogP contribution >= 0.6 is 0 Å². The number of methoxy groups -OCH3 is 1. The van der Waals surface area contributed by atoms with E-state index in [2.05, 4.69) is 0 Å². The molecule has 0 N–H and O–H groups in total. The predicted molar refractivity (Wildman–Crippen MR) is 44.8 cm³/mol. The highest BCUT2D eigenvalue weighted by atomic mass is 19.1. The first-order chi connectivity index (χ1) is 5.11.